The van der Waals surface area contributed by atoms with E-state index < -0.39 is 6.10 Å². The Balaban J connectivity index is 2.08. The van der Waals surface area contributed by atoms with Crippen molar-refractivity contribution in [2.75, 3.05) is 19.6 Å². The third kappa shape index (κ3) is 4.29. The molecule has 2 unspecified atom stereocenters. The molecule has 0 bridgehead atoms. The Kier molecular flexibility index (Phi) is 5.77. The summed E-state index contributed by atoms with van der Waals surface area (Å²) in [6.45, 7) is 9.39. The number of nitrogens with zero attached hydrogens (tertiary/aromatic N) is 1. The lowest BCUT2D eigenvalue weighted by Gasteiger charge is -2.26. The maximum absolute atomic E-state index is 10.5. The third-order valence-electron chi connectivity index (χ3n) is 4.30. The fourth-order valence-corrected chi connectivity index (χ4v) is 2.67. The molecule has 0 aromatic heterocycles. The summed E-state index contributed by atoms with van der Waals surface area (Å²) in [5.74, 6) is 0.675. The van der Waals surface area contributed by atoms with Crippen LogP contribution in [0.4, 0.5) is 0 Å². The highest BCUT2D eigenvalue weighted by Gasteiger charge is 2.14. The average Bonchev–Trinajstić information content (AvgIpc) is 2.53. The molecule has 21 heavy (non-hydrogen) atoms. The number of hydrogen-bond acceptors (Lipinski definition) is 2. The minimum Gasteiger partial charge on any atom is -0.387 e. The molecular weight excluding hydrogens is 258 g/mol. The first-order valence-electron chi connectivity index (χ1n) is 8.03. The van der Waals surface area contributed by atoms with Crippen molar-refractivity contribution in [2.24, 2.45) is 5.92 Å². The predicted octanol–water partition coefficient (Wildman–Crippen LogP) is 4.24. The van der Waals surface area contributed by atoms with E-state index in [1.54, 1.807) is 0 Å². The van der Waals surface area contributed by atoms with Gasteiger partial charge < -0.3 is 10.0 Å². The van der Waals surface area contributed by atoms with Crippen molar-refractivity contribution >= 4 is 10.8 Å². The van der Waals surface area contributed by atoms with Crippen molar-refractivity contribution in [2.45, 2.75) is 33.3 Å². The quantitative estimate of drug-likeness (QED) is 0.822. The lowest BCUT2D eigenvalue weighted by Crippen LogP contribution is -2.32. The van der Waals surface area contributed by atoms with Crippen LogP contribution in [0.15, 0.2) is 42.5 Å². The van der Waals surface area contributed by atoms with Crippen LogP contribution in [0.1, 0.15) is 38.9 Å². The van der Waals surface area contributed by atoms with Crippen molar-refractivity contribution in [3.63, 3.8) is 0 Å². The maximum atomic E-state index is 10.5. The van der Waals surface area contributed by atoms with E-state index in [1.807, 2.05) is 18.2 Å². The van der Waals surface area contributed by atoms with Crippen molar-refractivity contribution in [3.05, 3.63) is 48.0 Å². The molecule has 0 heterocycles. The van der Waals surface area contributed by atoms with Gasteiger partial charge in [0.15, 0.2) is 0 Å². The number of benzene rings is 2. The van der Waals surface area contributed by atoms with Gasteiger partial charge in [0.1, 0.15) is 0 Å². The lowest BCUT2D eigenvalue weighted by molar-refractivity contribution is 0.107. The van der Waals surface area contributed by atoms with Crippen LogP contribution in [0.2, 0.25) is 0 Å². The first-order chi connectivity index (χ1) is 10.1. The molecular formula is C19H27NO. The van der Waals surface area contributed by atoms with Gasteiger partial charge in [-0.1, -0.05) is 63.6 Å². The zero-order chi connectivity index (χ0) is 15.2. The zero-order valence-electron chi connectivity index (χ0n) is 13.4. The van der Waals surface area contributed by atoms with E-state index in [9.17, 15) is 5.11 Å². The van der Waals surface area contributed by atoms with Crippen molar-refractivity contribution < 1.29 is 5.11 Å². The van der Waals surface area contributed by atoms with Crippen LogP contribution < -0.4 is 0 Å². The van der Waals surface area contributed by atoms with Gasteiger partial charge in [-0.2, -0.15) is 0 Å². The van der Waals surface area contributed by atoms with Crippen LogP contribution >= 0.6 is 0 Å². The van der Waals surface area contributed by atoms with Crippen LogP contribution in [0.3, 0.4) is 0 Å². The minimum atomic E-state index is -0.418. The molecule has 1 N–H and O–H groups in total. The monoisotopic (exact) mass is 285 g/mol. The second kappa shape index (κ2) is 7.58. The summed E-state index contributed by atoms with van der Waals surface area (Å²) in [5.41, 5.74) is 1.01. The number of rotatable bonds is 7. The van der Waals surface area contributed by atoms with E-state index in [1.165, 1.54) is 17.2 Å². The van der Waals surface area contributed by atoms with Gasteiger partial charge in [-0.25, -0.2) is 0 Å². The molecule has 0 radical (unpaired) electrons. The summed E-state index contributed by atoms with van der Waals surface area (Å²) in [6.07, 6.45) is 0.765. The van der Waals surface area contributed by atoms with Gasteiger partial charge in [0.2, 0.25) is 0 Å². The molecule has 2 rings (SSSR count). The predicted molar refractivity (Wildman–Crippen MR) is 90.5 cm³/mol. The largest absolute Gasteiger partial charge is 0.387 e. The van der Waals surface area contributed by atoms with Gasteiger partial charge in [0.05, 0.1) is 6.10 Å². The van der Waals surface area contributed by atoms with E-state index in [2.05, 4.69) is 49.9 Å². The topological polar surface area (TPSA) is 23.5 Å². The van der Waals surface area contributed by atoms with Gasteiger partial charge in [-0.15, -0.1) is 0 Å². The first-order valence-corrected chi connectivity index (χ1v) is 8.03. The molecule has 0 aliphatic rings. The molecule has 0 aliphatic heterocycles. The Bertz CT molecular complexity index is 566. The van der Waals surface area contributed by atoms with Crippen LogP contribution in [0, 0.1) is 5.92 Å². The number of aliphatic hydroxyl groups is 1. The van der Waals surface area contributed by atoms with Crippen molar-refractivity contribution in [1.29, 1.82) is 0 Å². The number of fused-ring (bicyclic) bond motifs is 1. The zero-order valence-corrected chi connectivity index (χ0v) is 13.4. The molecule has 2 nitrogen and oxygen atoms in total. The van der Waals surface area contributed by atoms with Gasteiger partial charge in [0.25, 0.3) is 0 Å². The second-order valence-electron chi connectivity index (χ2n) is 5.99. The fourth-order valence-electron chi connectivity index (χ4n) is 2.67. The molecule has 2 atom stereocenters. The molecule has 0 fully saturated rings. The summed E-state index contributed by atoms with van der Waals surface area (Å²) < 4.78 is 0. The Morgan fingerprint density at radius 1 is 1.00 bits per heavy atom. The van der Waals surface area contributed by atoms with Gasteiger partial charge >= 0.3 is 0 Å². The highest BCUT2D eigenvalue weighted by atomic mass is 16.3. The molecule has 0 amide bonds. The molecule has 114 valence electrons. The van der Waals surface area contributed by atoms with Gasteiger partial charge in [-0.05, 0) is 34.9 Å². The van der Waals surface area contributed by atoms with E-state index in [0.29, 0.717) is 12.5 Å². The average molecular weight is 285 g/mol. The first kappa shape index (κ1) is 16.0. The number of aliphatic hydroxyl groups excluding tert-OH is 1. The molecule has 0 saturated heterocycles. The normalized spacial score (nSPS) is 14.5. The van der Waals surface area contributed by atoms with Gasteiger partial charge in [-0.3, -0.25) is 0 Å². The summed E-state index contributed by atoms with van der Waals surface area (Å²) in [6, 6.07) is 14.5. The number of hydrogen-bond donors (Lipinski definition) is 1. The van der Waals surface area contributed by atoms with Crippen LogP contribution in [0.25, 0.3) is 10.8 Å². The van der Waals surface area contributed by atoms with Crippen LogP contribution in [-0.4, -0.2) is 29.6 Å². The molecule has 0 saturated carbocycles. The molecule has 2 aromatic rings. The molecule has 2 aromatic carbocycles. The minimum absolute atomic E-state index is 0.418. The van der Waals surface area contributed by atoms with E-state index in [0.717, 1.165) is 18.7 Å². The molecule has 2 heteroatoms. The van der Waals surface area contributed by atoms with Crippen LogP contribution in [0.5, 0.6) is 0 Å². The van der Waals surface area contributed by atoms with Crippen molar-refractivity contribution in [3.8, 4) is 0 Å². The standard InChI is InChI=1S/C19H27NO/c1-4-15(3)13-20(5-2)14-19(21)18-11-10-16-8-6-7-9-17(16)12-18/h6-12,15,19,21H,4-5,13-14H2,1-3H3. The summed E-state index contributed by atoms with van der Waals surface area (Å²) in [5, 5.41) is 12.9. The van der Waals surface area contributed by atoms with Gasteiger partial charge in [0, 0.05) is 13.1 Å². The summed E-state index contributed by atoms with van der Waals surface area (Å²) >= 11 is 0. The van der Waals surface area contributed by atoms with Crippen molar-refractivity contribution in [1.82, 2.24) is 4.90 Å². The SMILES string of the molecule is CCC(C)CN(CC)CC(O)c1ccc2ccccc2c1. The number of likely N-dealkylation sites (N-methyl/N-ethyl adjacent to an activating group) is 1. The Morgan fingerprint density at radius 3 is 2.38 bits per heavy atom. The van der Waals surface area contributed by atoms with E-state index >= 15 is 0 Å². The maximum Gasteiger partial charge on any atom is 0.0917 e. The fraction of sp³-hybridized carbons (Fsp3) is 0.474. The Labute approximate surface area is 128 Å². The Morgan fingerprint density at radius 2 is 1.71 bits per heavy atom. The molecule has 0 aliphatic carbocycles. The van der Waals surface area contributed by atoms with E-state index in [4.69, 9.17) is 0 Å². The highest BCUT2D eigenvalue weighted by molar-refractivity contribution is 5.83. The lowest BCUT2D eigenvalue weighted by atomic mass is 10.0. The summed E-state index contributed by atoms with van der Waals surface area (Å²) in [4.78, 5) is 2.34. The smallest absolute Gasteiger partial charge is 0.0917 e. The second-order valence-corrected chi connectivity index (χ2v) is 5.99. The summed E-state index contributed by atoms with van der Waals surface area (Å²) in [7, 11) is 0. The highest BCUT2D eigenvalue weighted by Crippen LogP contribution is 2.21. The Hall–Kier alpha value is -1.38. The third-order valence-corrected chi connectivity index (χ3v) is 4.30. The molecule has 0 spiro atoms. The van der Waals surface area contributed by atoms with Crippen LogP contribution in [-0.2, 0) is 0 Å². The van der Waals surface area contributed by atoms with E-state index in [-0.39, 0.29) is 0 Å².